The van der Waals surface area contributed by atoms with Crippen molar-refractivity contribution in [2.75, 3.05) is 0 Å². The van der Waals surface area contributed by atoms with Gasteiger partial charge in [0.15, 0.2) is 5.65 Å². The highest BCUT2D eigenvalue weighted by molar-refractivity contribution is 6.33. The van der Waals surface area contributed by atoms with Crippen molar-refractivity contribution in [1.82, 2.24) is 9.38 Å². The van der Waals surface area contributed by atoms with Gasteiger partial charge in [-0.2, -0.15) is 0 Å². The van der Waals surface area contributed by atoms with Crippen LogP contribution in [0.3, 0.4) is 0 Å². The van der Waals surface area contributed by atoms with Gasteiger partial charge in [-0.1, -0.05) is 41.4 Å². The maximum Gasteiger partial charge on any atom is 0.156 e. The highest BCUT2D eigenvalue weighted by Crippen LogP contribution is 2.24. The summed E-state index contributed by atoms with van der Waals surface area (Å²) in [5.74, 6) is 0. The van der Waals surface area contributed by atoms with E-state index in [0.717, 1.165) is 16.9 Å². The molecule has 0 fully saturated rings. The van der Waals surface area contributed by atoms with Crippen molar-refractivity contribution in [3.05, 3.63) is 59.4 Å². The molecule has 3 aromatic rings. The maximum absolute atomic E-state index is 6.10. The van der Waals surface area contributed by atoms with E-state index in [1.54, 1.807) is 0 Å². The number of pyridine rings is 1. The molecule has 0 unspecified atom stereocenters. The van der Waals surface area contributed by atoms with E-state index in [2.05, 4.69) is 36.2 Å². The number of hydrogen-bond acceptors (Lipinski definition) is 1. The lowest BCUT2D eigenvalue weighted by atomic mass is 10.1. The number of fused-ring (bicyclic) bond motifs is 1. The zero-order valence-corrected chi connectivity index (χ0v) is 10.1. The number of halogens is 1. The van der Waals surface area contributed by atoms with Gasteiger partial charge in [0.25, 0.3) is 0 Å². The van der Waals surface area contributed by atoms with E-state index >= 15 is 0 Å². The third-order valence-corrected chi connectivity index (χ3v) is 3.13. The normalized spacial score (nSPS) is 10.9. The summed E-state index contributed by atoms with van der Waals surface area (Å²) in [5, 5.41) is 0.672. The van der Waals surface area contributed by atoms with Crippen molar-refractivity contribution in [3.63, 3.8) is 0 Å². The molecule has 2 heterocycles. The monoisotopic (exact) mass is 242 g/mol. The number of rotatable bonds is 1. The predicted molar refractivity (Wildman–Crippen MR) is 70.4 cm³/mol. The fourth-order valence-corrected chi connectivity index (χ4v) is 2.13. The lowest BCUT2D eigenvalue weighted by molar-refractivity contribution is 1.19. The molecular formula is C14H11ClN2. The van der Waals surface area contributed by atoms with Gasteiger partial charge in [-0.15, -0.1) is 0 Å². The number of benzene rings is 1. The van der Waals surface area contributed by atoms with Crippen molar-refractivity contribution >= 4 is 17.2 Å². The molecule has 0 aliphatic heterocycles. The molecule has 2 aromatic heterocycles. The summed E-state index contributed by atoms with van der Waals surface area (Å²) in [6.45, 7) is 2.08. The van der Waals surface area contributed by atoms with Crippen LogP contribution in [0.5, 0.6) is 0 Å². The zero-order valence-electron chi connectivity index (χ0n) is 9.39. The summed E-state index contributed by atoms with van der Waals surface area (Å²) in [6, 6.07) is 12.2. The molecule has 3 heteroatoms. The van der Waals surface area contributed by atoms with E-state index in [9.17, 15) is 0 Å². The van der Waals surface area contributed by atoms with E-state index in [1.807, 2.05) is 28.9 Å². The van der Waals surface area contributed by atoms with Crippen LogP contribution in [0, 0.1) is 6.92 Å². The maximum atomic E-state index is 6.10. The second kappa shape index (κ2) is 3.90. The van der Waals surface area contributed by atoms with Crippen LogP contribution in [-0.4, -0.2) is 9.38 Å². The van der Waals surface area contributed by atoms with Crippen molar-refractivity contribution in [1.29, 1.82) is 0 Å². The first-order chi connectivity index (χ1) is 8.25. The Balaban J connectivity index is 2.24. The molecule has 3 rings (SSSR count). The molecule has 0 radical (unpaired) electrons. The number of hydrogen-bond donors (Lipinski definition) is 0. The fourth-order valence-electron chi connectivity index (χ4n) is 1.91. The average Bonchev–Trinajstić information content (AvgIpc) is 2.75. The van der Waals surface area contributed by atoms with E-state index in [-0.39, 0.29) is 0 Å². The Hall–Kier alpha value is -1.80. The van der Waals surface area contributed by atoms with Gasteiger partial charge in [0.1, 0.15) is 0 Å². The van der Waals surface area contributed by atoms with Crippen LogP contribution in [0.4, 0.5) is 0 Å². The zero-order chi connectivity index (χ0) is 11.8. The van der Waals surface area contributed by atoms with Crippen molar-refractivity contribution in [2.24, 2.45) is 0 Å². The Morgan fingerprint density at radius 2 is 1.88 bits per heavy atom. The smallest absolute Gasteiger partial charge is 0.156 e. The van der Waals surface area contributed by atoms with Crippen molar-refractivity contribution in [2.45, 2.75) is 6.92 Å². The molecule has 0 bridgehead atoms. The lowest BCUT2D eigenvalue weighted by Crippen LogP contribution is -1.88. The van der Waals surface area contributed by atoms with Crippen LogP contribution in [-0.2, 0) is 0 Å². The Morgan fingerprint density at radius 1 is 1.12 bits per heavy atom. The van der Waals surface area contributed by atoms with E-state index < -0.39 is 0 Å². The lowest BCUT2D eigenvalue weighted by Gasteiger charge is -2.02. The first-order valence-corrected chi connectivity index (χ1v) is 5.82. The van der Waals surface area contributed by atoms with E-state index in [1.165, 1.54) is 5.56 Å². The Bertz CT molecular complexity index is 668. The Labute approximate surface area is 104 Å². The third kappa shape index (κ3) is 1.71. The minimum Gasteiger partial charge on any atom is -0.298 e. The van der Waals surface area contributed by atoms with Gasteiger partial charge in [-0.25, -0.2) is 4.98 Å². The van der Waals surface area contributed by atoms with Crippen molar-refractivity contribution < 1.29 is 0 Å². The van der Waals surface area contributed by atoms with E-state index in [0.29, 0.717) is 5.02 Å². The second-order valence-electron chi connectivity index (χ2n) is 4.06. The van der Waals surface area contributed by atoms with Crippen LogP contribution in [0.1, 0.15) is 5.56 Å². The third-order valence-electron chi connectivity index (χ3n) is 2.84. The van der Waals surface area contributed by atoms with Crippen molar-refractivity contribution in [3.8, 4) is 11.3 Å². The molecule has 0 aliphatic rings. The molecule has 0 atom stereocenters. The van der Waals surface area contributed by atoms with E-state index in [4.69, 9.17) is 11.6 Å². The first-order valence-electron chi connectivity index (χ1n) is 5.44. The largest absolute Gasteiger partial charge is 0.298 e. The highest BCUT2D eigenvalue weighted by atomic mass is 35.5. The van der Waals surface area contributed by atoms with Crippen LogP contribution in [0.2, 0.25) is 5.02 Å². The average molecular weight is 243 g/mol. The number of aromatic nitrogens is 2. The minimum absolute atomic E-state index is 0.672. The SMILES string of the molecule is Cc1ccc(-c2cnc3c(Cl)cccn23)cc1. The Morgan fingerprint density at radius 3 is 2.65 bits per heavy atom. The topological polar surface area (TPSA) is 17.3 Å². The van der Waals surface area contributed by atoms with Crippen LogP contribution >= 0.6 is 11.6 Å². The van der Waals surface area contributed by atoms with Gasteiger partial charge in [-0.3, -0.25) is 4.40 Å². The van der Waals surface area contributed by atoms with Gasteiger partial charge in [0.2, 0.25) is 0 Å². The number of aryl methyl sites for hydroxylation is 1. The molecular weight excluding hydrogens is 232 g/mol. The van der Waals surface area contributed by atoms with Gasteiger partial charge < -0.3 is 0 Å². The Kier molecular flexibility index (Phi) is 2.37. The molecule has 1 aromatic carbocycles. The second-order valence-corrected chi connectivity index (χ2v) is 4.47. The summed E-state index contributed by atoms with van der Waals surface area (Å²) in [5.41, 5.74) is 4.25. The highest BCUT2D eigenvalue weighted by Gasteiger charge is 2.07. The molecule has 0 aliphatic carbocycles. The number of nitrogens with zero attached hydrogens (tertiary/aromatic N) is 2. The van der Waals surface area contributed by atoms with Crippen LogP contribution in [0.15, 0.2) is 48.8 Å². The van der Waals surface area contributed by atoms with Gasteiger partial charge in [-0.05, 0) is 19.1 Å². The quantitative estimate of drug-likeness (QED) is 0.631. The molecule has 17 heavy (non-hydrogen) atoms. The summed E-state index contributed by atoms with van der Waals surface area (Å²) in [6.07, 6.45) is 3.83. The molecule has 84 valence electrons. The van der Waals surface area contributed by atoms with Gasteiger partial charge in [0, 0.05) is 11.8 Å². The molecule has 0 spiro atoms. The summed E-state index contributed by atoms with van der Waals surface area (Å²) >= 11 is 6.10. The van der Waals surface area contributed by atoms with Crippen LogP contribution in [0.25, 0.3) is 16.9 Å². The minimum atomic E-state index is 0.672. The fraction of sp³-hybridized carbons (Fsp3) is 0.0714. The van der Waals surface area contributed by atoms with Crippen LogP contribution < -0.4 is 0 Å². The molecule has 2 nitrogen and oxygen atoms in total. The molecule has 0 N–H and O–H groups in total. The predicted octanol–water partition coefficient (Wildman–Crippen LogP) is 3.96. The summed E-state index contributed by atoms with van der Waals surface area (Å²) in [7, 11) is 0. The summed E-state index contributed by atoms with van der Waals surface area (Å²) in [4.78, 5) is 4.35. The van der Waals surface area contributed by atoms with Gasteiger partial charge in [0.05, 0.1) is 16.9 Å². The first kappa shape index (κ1) is 10.4. The molecule has 0 amide bonds. The van der Waals surface area contributed by atoms with Gasteiger partial charge >= 0.3 is 0 Å². The number of imidazole rings is 1. The molecule has 0 saturated carbocycles. The molecule has 0 saturated heterocycles. The summed E-state index contributed by atoms with van der Waals surface area (Å²) < 4.78 is 2.01. The standard InChI is InChI=1S/C14H11ClN2/c1-10-4-6-11(7-5-10)13-9-16-14-12(15)3-2-8-17(13)14/h2-9H,1H3.